The molecule has 1 unspecified atom stereocenters. The van der Waals surface area contributed by atoms with Crippen LogP contribution in [-0.2, 0) is 4.74 Å². The lowest BCUT2D eigenvalue weighted by Gasteiger charge is -2.25. The Hall–Kier alpha value is -1.63. The number of anilines is 3. The topological polar surface area (TPSA) is 80.4 Å². The van der Waals surface area contributed by atoms with Crippen molar-refractivity contribution < 1.29 is 4.74 Å². The maximum absolute atomic E-state index is 5.80. The molecule has 106 valence electrons. The van der Waals surface area contributed by atoms with Crippen LogP contribution in [0.25, 0.3) is 0 Å². The summed E-state index contributed by atoms with van der Waals surface area (Å²) in [6.07, 6.45) is 0.989. The van der Waals surface area contributed by atoms with Crippen molar-refractivity contribution in [1.82, 2.24) is 15.0 Å². The third-order valence-electron chi connectivity index (χ3n) is 3.44. The maximum atomic E-state index is 5.80. The van der Waals surface area contributed by atoms with Crippen LogP contribution >= 0.6 is 0 Å². The Morgan fingerprint density at radius 2 is 1.89 bits per heavy atom. The summed E-state index contributed by atoms with van der Waals surface area (Å²) in [5, 5.41) is 0. The number of nitrogens with zero attached hydrogens (tertiary/aromatic N) is 5. The van der Waals surface area contributed by atoms with Gasteiger partial charge in [-0.05, 0) is 20.3 Å². The van der Waals surface area contributed by atoms with Crippen molar-refractivity contribution in [2.24, 2.45) is 0 Å². The van der Waals surface area contributed by atoms with Gasteiger partial charge in [0.25, 0.3) is 0 Å². The van der Waals surface area contributed by atoms with Gasteiger partial charge in [0.05, 0.1) is 12.6 Å². The fourth-order valence-electron chi connectivity index (χ4n) is 2.17. The predicted octanol–water partition coefficient (Wildman–Crippen LogP) is 0.525. The molecule has 2 heterocycles. The summed E-state index contributed by atoms with van der Waals surface area (Å²) in [4.78, 5) is 17.0. The van der Waals surface area contributed by atoms with Crippen LogP contribution in [0.15, 0.2) is 0 Å². The van der Waals surface area contributed by atoms with E-state index in [1.165, 1.54) is 0 Å². The molecule has 1 atom stereocenters. The largest absolute Gasteiger partial charge is 0.379 e. The van der Waals surface area contributed by atoms with Crippen molar-refractivity contribution >= 4 is 17.8 Å². The Bertz CT molecular complexity index is 417. The van der Waals surface area contributed by atoms with E-state index in [-0.39, 0.29) is 5.95 Å². The number of nitrogens with two attached hydrogens (primary N) is 1. The monoisotopic (exact) mass is 266 g/mol. The summed E-state index contributed by atoms with van der Waals surface area (Å²) < 4.78 is 5.40. The number of hydrogen-bond donors (Lipinski definition) is 1. The molecule has 1 aromatic heterocycles. The summed E-state index contributed by atoms with van der Waals surface area (Å²) in [5.41, 5.74) is 5.80. The molecule has 1 aliphatic heterocycles. The summed E-state index contributed by atoms with van der Waals surface area (Å²) in [5.74, 6) is 1.51. The maximum Gasteiger partial charge on any atom is 0.232 e. The number of likely N-dealkylation sites (N-methyl/N-ethyl adjacent to an activating group) is 1. The van der Waals surface area contributed by atoms with Gasteiger partial charge in [-0.2, -0.15) is 15.0 Å². The van der Waals surface area contributed by atoms with Gasteiger partial charge in [-0.15, -0.1) is 0 Å². The van der Waals surface area contributed by atoms with E-state index in [0.29, 0.717) is 24.5 Å². The lowest BCUT2D eigenvalue weighted by molar-refractivity contribution is 0.193. The lowest BCUT2D eigenvalue weighted by Crippen LogP contribution is -2.34. The molecule has 1 aromatic rings. The van der Waals surface area contributed by atoms with Crippen LogP contribution in [0.1, 0.15) is 20.3 Å². The smallest absolute Gasteiger partial charge is 0.232 e. The van der Waals surface area contributed by atoms with Gasteiger partial charge in [0.1, 0.15) is 0 Å². The van der Waals surface area contributed by atoms with Gasteiger partial charge in [0.2, 0.25) is 17.8 Å². The quantitative estimate of drug-likeness (QED) is 0.832. The van der Waals surface area contributed by atoms with Crippen molar-refractivity contribution in [2.75, 3.05) is 48.9 Å². The minimum Gasteiger partial charge on any atom is -0.379 e. The first-order chi connectivity index (χ1) is 9.15. The van der Waals surface area contributed by atoms with Crippen LogP contribution in [0.4, 0.5) is 17.8 Å². The van der Waals surface area contributed by atoms with Crippen molar-refractivity contribution in [2.45, 2.75) is 26.3 Å². The van der Waals surface area contributed by atoms with Crippen molar-refractivity contribution in [3.8, 4) is 0 Å². The zero-order chi connectivity index (χ0) is 13.8. The number of nitrogen functional groups attached to an aromatic ring is 1. The van der Waals surface area contributed by atoms with Gasteiger partial charge in [0, 0.05) is 26.7 Å². The SMILES string of the molecule is CCN(CC)c1nc(N)nc(N(C)C2CCOC2)n1. The lowest BCUT2D eigenvalue weighted by atomic mass is 10.2. The molecule has 19 heavy (non-hydrogen) atoms. The molecule has 0 aromatic carbocycles. The van der Waals surface area contributed by atoms with E-state index in [4.69, 9.17) is 10.5 Å². The molecule has 7 nitrogen and oxygen atoms in total. The molecule has 0 bridgehead atoms. The molecule has 0 saturated carbocycles. The normalized spacial score (nSPS) is 18.6. The van der Waals surface area contributed by atoms with E-state index in [1.807, 2.05) is 11.9 Å². The third kappa shape index (κ3) is 3.04. The highest BCUT2D eigenvalue weighted by molar-refractivity contribution is 5.43. The van der Waals surface area contributed by atoms with Crippen LogP contribution in [0.3, 0.4) is 0 Å². The Balaban J connectivity index is 2.24. The van der Waals surface area contributed by atoms with Crippen LogP contribution in [0.5, 0.6) is 0 Å². The molecule has 0 radical (unpaired) electrons. The molecule has 1 fully saturated rings. The Labute approximate surface area is 113 Å². The number of ether oxygens (including phenoxy) is 1. The minimum absolute atomic E-state index is 0.262. The summed E-state index contributed by atoms with van der Waals surface area (Å²) in [7, 11) is 1.97. The minimum atomic E-state index is 0.262. The van der Waals surface area contributed by atoms with E-state index >= 15 is 0 Å². The van der Waals surface area contributed by atoms with Crippen molar-refractivity contribution in [3.05, 3.63) is 0 Å². The first-order valence-electron chi connectivity index (χ1n) is 6.72. The van der Waals surface area contributed by atoms with Gasteiger partial charge in [-0.3, -0.25) is 0 Å². The fourth-order valence-corrected chi connectivity index (χ4v) is 2.17. The molecule has 2 rings (SSSR count). The molecular weight excluding hydrogens is 244 g/mol. The summed E-state index contributed by atoms with van der Waals surface area (Å²) >= 11 is 0. The second kappa shape index (κ2) is 6.01. The Morgan fingerprint density at radius 1 is 1.21 bits per heavy atom. The van der Waals surface area contributed by atoms with Crippen molar-refractivity contribution in [1.29, 1.82) is 0 Å². The van der Waals surface area contributed by atoms with Gasteiger partial charge in [-0.25, -0.2) is 0 Å². The molecular formula is C12H22N6O. The molecule has 0 aliphatic carbocycles. The zero-order valence-corrected chi connectivity index (χ0v) is 11.8. The zero-order valence-electron chi connectivity index (χ0n) is 11.8. The number of aromatic nitrogens is 3. The van der Waals surface area contributed by atoms with Gasteiger partial charge < -0.3 is 20.3 Å². The molecule has 1 aliphatic rings. The van der Waals surface area contributed by atoms with E-state index in [0.717, 1.165) is 26.1 Å². The van der Waals surface area contributed by atoms with Crippen molar-refractivity contribution in [3.63, 3.8) is 0 Å². The highest BCUT2D eigenvalue weighted by atomic mass is 16.5. The number of hydrogen-bond acceptors (Lipinski definition) is 7. The van der Waals surface area contributed by atoms with Crippen LogP contribution in [-0.4, -0.2) is 54.3 Å². The first-order valence-corrected chi connectivity index (χ1v) is 6.72. The van der Waals surface area contributed by atoms with Gasteiger partial charge in [-0.1, -0.05) is 0 Å². The standard InChI is InChI=1S/C12H22N6O/c1-4-18(5-2)12-15-10(13)14-11(16-12)17(3)9-6-7-19-8-9/h9H,4-8H2,1-3H3,(H2,13,14,15,16). The van der Waals surface area contributed by atoms with Crippen LogP contribution < -0.4 is 15.5 Å². The Kier molecular flexibility index (Phi) is 4.36. The number of rotatable bonds is 5. The molecule has 1 saturated heterocycles. The van der Waals surface area contributed by atoms with Crippen LogP contribution in [0, 0.1) is 0 Å². The third-order valence-corrected chi connectivity index (χ3v) is 3.44. The van der Waals surface area contributed by atoms with E-state index in [2.05, 4.69) is 33.7 Å². The molecule has 2 N–H and O–H groups in total. The average molecular weight is 266 g/mol. The average Bonchev–Trinajstić information content (AvgIpc) is 2.92. The molecule has 0 spiro atoms. The predicted molar refractivity (Wildman–Crippen MR) is 75.4 cm³/mol. The highest BCUT2D eigenvalue weighted by Gasteiger charge is 2.23. The van der Waals surface area contributed by atoms with E-state index < -0.39 is 0 Å². The summed E-state index contributed by atoms with van der Waals surface area (Å²) in [6, 6.07) is 0.311. The highest BCUT2D eigenvalue weighted by Crippen LogP contribution is 2.19. The summed E-state index contributed by atoms with van der Waals surface area (Å²) in [6.45, 7) is 7.32. The van der Waals surface area contributed by atoms with E-state index in [9.17, 15) is 0 Å². The first kappa shape index (κ1) is 13.8. The Morgan fingerprint density at radius 3 is 2.47 bits per heavy atom. The van der Waals surface area contributed by atoms with Gasteiger partial charge >= 0.3 is 0 Å². The second-order valence-corrected chi connectivity index (χ2v) is 4.59. The molecule has 0 amide bonds. The van der Waals surface area contributed by atoms with Crippen LogP contribution in [0.2, 0.25) is 0 Å². The van der Waals surface area contributed by atoms with Gasteiger partial charge in [0.15, 0.2) is 0 Å². The fraction of sp³-hybridized carbons (Fsp3) is 0.750. The second-order valence-electron chi connectivity index (χ2n) is 4.59. The van der Waals surface area contributed by atoms with E-state index in [1.54, 1.807) is 0 Å². The molecule has 7 heteroatoms.